The predicted molar refractivity (Wildman–Crippen MR) is 151 cm³/mol. The quantitative estimate of drug-likeness (QED) is 0.180. The Balaban J connectivity index is 1.89. The second-order valence-electron chi connectivity index (χ2n) is 8.93. The minimum Gasteiger partial charge on any atom is -0.497 e. The first-order chi connectivity index (χ1) is 19.8. The van der Waals surface area contributed by atoms with Gasteiger partial charge in [-0.05, 0) is 30.3 Å². The van der Waals surface area contributed by atoms with E-state index in [9.17, 15) is 26.4 Å². The van der Waals surface area contributed by atoms with Gasteiger partial charge in [0.2, 0.25) is 0 Å². The number of Topliss-reactive ketones (excluding diaryl/α,β-unsaturated/α-hetero) is 1. The Kier molecular flexibility index (Phi) is 8.83. The van der Waals surface area contributed by atoms with E-state index in [1.807, 2.05) is 0 Å². The van der Waals surface area contributed by atoms with Crippen LogP contribution < -0.4 is 24.3 Å². The number of alkyl halides is 3. The fourth-order valence-electron chi connectivity index (χ4n) is 4.35. The van der Waals surface area contributed by atoms with Crippen LogP contribution in [-0.2, 0) is 9.84 Å². The van der Waals surface area contributed by atoms with E-state index in [0.717, 1.165) is 6.07 Å². The lowest BCUT2D eigenvalue weighted by Gasteiger charge is -2.22. The van der Waals surface area contributed by atoms with Crippen LogP contribution in [0.25, 0.3) is 10.9 Å². The second-order valence-corrected chi connectivity index (χ2v) is 11.6. The van der Waals surface area contributed by atoms with Gasteiger partial charge in [-0.25, -0.2) is 8.42 Å². The first kappa shape index (κ1) is 30.8. The number of halogens is 4. The fraction of sp³-hybridized carbons (Fsp3) is 0.250. The van der Waals surface area contributed by atoms with E-state index < -0.39 is 33.8 Å². The Bertz CT molecular complexity index is 1740. The number of sulfone groups is 1. The summed E-state index contributed by atoms with van der Waals surface area (Å²) in [6.07, 6.45) is -3.66. The highest BCUT2D eigenvalue weighted by atomic mass is 35.5. The van der Waals surface area contributed by atoms with Crippen LogP contribution in [0.5, 0.6) is 23.0 Å². The zero-order valence-electron chi connectivity index (χ0n) is 22.8. The molecule has 14 heteroatoms. The average molecular weight is 627 g/mol. The van der Waals surface area contributed by atoms with Crippen LogP contribution in [0, 0.1) is 0 Å². The van der Waals surface area contributed by atoms with Crippen LogP contribution in [0.2, 0.25) is 5.02 Å². The monoisotopic (exact) mass is 626 g/mol. The van der Waals surface area contributed by atoms with Gasteiger partial charge in [0.15, 0.2) is 27.1 Å². The summed E-state index contributed by atoms with van der Waals surface area (Å²) < 4.78 is 84.6. The topological polar surface area (TPSA) is 116 Å². The number of H-pyrrole nitrogens is 1. The maximum Gasteiger partial charge on any atom is 0.573 e. The largest absolute Gasteiger partial charge is 0.573 e. The summed E-state index contributed by atoms with van der Waals surface area (Å²) in [7, 11) is 0.277. The molecule has 1 aromatic heterocycles. The summed E-state index contributed by atoms with van der Waals surface area (Å²) in [4.78, 5) is 17.1. The lowest BCUT2D eigenvalue weighted by molar-refractivity contribution is -0.275. The van der Waals surface area contributed by atoms with E-state index in [1.54, 1.807) is 6.07 Å². The minimum atomic E-state index is -5.01. The standard InChI is InChI=1S/C28H26ClF3N2O7S/c1-5-42(36,37)18-10-16(9-17(11-18)38-2)34-26(19-7-6-15(29)8-23(19)39-3)27(35)21-14-33-22-13-24(40-4)25(12-20(21)22)41-28(30,31)32/h6-14,26,33-34H,5H2,1-4H3. The second kappa shape index (κ2) is 12.0. The number of nitrogens with one attached hydrogen (secondary N) is 2. The average Bonchev–Trinajstić information content (AvgIpc) is 3.36. The molecular weight excluding hydrogens is 601 g/mol. The maximum absolute atomic E-state index is 14.2. The zero-order chi connectivity index (χ0) is 30.8. The van der Waals surface area contributed by atoms with Crippen LogP contribution in [0.1, 0.15) is 28.9 Å². The number of anilines is 1. The molecule has 0 saturated heterocycles. The highest BCUT2D eigenvalue weighted by Gasteiger charge is 2.34. The Morgan fingerprint density at radius 1 is 0.976 bits per heavy atom. The lowest BCUT2D eigenvalue weighted by Crippen LogP contribution is -2.22. The molecule has 0 spiro atoms. The SMILES string of the molecule is CCS(=O)(=O)c1cc(NC(C(=O)c2c[nH]c3cc(OC)c(OC(F)(F)F)cc23)c2ccc(Cl)cc2OC)cc(OC)c1. The van der Waals surface area contributed by atoms with Gasteiger partial charge in [0, 0.05) is 45.6 Å². The molecule has 4 rings (SSSR count). The minimum absolute atomic E-state index is 0.0125. The third kappa shape index (κ3) is 6.52. The highest BCUT2D eigenvalue weighted by molar-refractivity contribution is 7.91. The molecule has 224 valence electrons. The Morgan fingerprint density at radius 2 is 1.69 bits per heavy atom. The van der Waals surface area contributed by atoms with Crippen molar-refractivity contribution in [2.45, 2.75) is 24.2 Å². The van der Waals surface area contributed by atoms with Crippen molar-refractivity contribution in [3.63, 3.8) is 0 Å². The summed E-state index contributed by atoms with van der Waals surface area (Å²) in [5.41, 5.74) is 0.867. The molecule has 0 aliphatic rings. The van der Waals surface area contributed by atoms with Crippen LogP contribution in [0.3, 0.4) is 0 Å². The third-order valence-electron chi connectivity index (χ3n) is 6.39. The van der Waals surface area contributed by atoms with Crippen molar-refractivity contribution in [2.24, 2.45) is 0 Å². The summed E-state index contributed by atoms with van der Waals surface area (Å²) in [5, 5.41) is 3.51. The molecular formula is C28H26ClF3N2O7S. The molecule has 0 bridgehead atoms. The molecule has 0 amide bonds. The number of hydrogen-bond donors (Lipinski definition) is 2. The van der Waals surface area contributed by atoms with Crippen molar-refractivity contribution in [2.75, 3.05) is 32.4 Å². The number of ether oxygens (including phenoxy) is 4. The van der Waals surface area contributed by atoms with E-state index in [0.29, 0.717) is 16.1 Å². The molecule has 1 unspecified atom stereocenters. The zero-order valence-corrected chi connectivity index (χ0v) is 24.3. The molecule has 42 heavy (non-hydrogen) atoms. The molecule has 0 saturated carbocycles. The Hall–Kier alpha value is -4.10. The Labute approximate surface area is 244 Å². The van der Waals surface area contributed by atoms with Gasteiger partial charge >= 0.3 is 6.36 Å². The fourth-order valence-corrected chi connectivity index (χ4v) is 5.44. The Morgan fingerprint density at radius 3 is 2.31 bits per heavy atom. The molecule has 0 aliphatic heterocycles. The normalized spacial score (nSPS) is 12.6. The van der Waals surface area contributed by atoms with E-state index in [1.165, 1.54) is 70.8 Å². The van der Waals surface area contributed by atoms with Crippen molar-refractivity contribution < 1.29 is 45.3 Å². The van der Waals surface area contributed by atoms with Gasteiger partial charge in [-0.3, -0.25) is 4.79 Å². The molecule has 0 radical (unpaired) electrons. The van der Waals surface area contributed by atoms with E-state index >= 15 is 0 Å². The molecule has 1 heterocycles. The number of ketones is 1. The van der Waals surface area contributed by atoms with Gasteiger partial charge in [-0.1, -0.05) is 24.6 Å². The molecule has 3 aromatic carbocycles. The summed E-state index contributed by atoms with van der Waals surface area (Å²) >= 11 is 6.15. The molecule has 4 aromatic rings. The van der Waals surface area contributed by atoms with E-state index in [2.05, 4.69) is 15.0 Å². The van der Waals surface area contributed by atoms with Gasteiger partial charge < -0.3 is 29.2 Å². The van der Waals surface area contributed by atoms with E-state index in [-0.39, 0.29) is 44.5 Å². The first-order valence-corrected chi connectivity index (χ1v) is 14.3. The summed E-state index contributed by atoms with van der Waals surface area (Å²) in [5.74, 6) is -1.14. The number of benzene rings is 3. The highest BCUT2D eigenvalue weighted by Crippen LogP contribution is 2.39. The number of rotatable bonds is 11. The van der Waals surface area contributed by atoms with E-state index in [4.69, 9.17) is 25.8 Å². The number of fused-ring (bicyclic) bond motifs is 1. The number of carbonyl (C=O) groups excluding carboxylic acids is 1. The van der Waals surface area contributed by atoms with Crippen molar-refractivity contribution in [1.29, 1.82) is 0 Å². The summed E-state index contributed by atoms with van der Waals surface area (Å²) in [6.45, 7) is 1.50. The number of aromatic nitrogens is 1. The number of aromatic amines is 1. The van der Waals surface area contributed by atoms with Crippen LogP contribution in [0.4, 0.5) is 18.9 Å². The van der Waals surface area contributed by atoms with Gasteiger partial charge in [-0.15, -0.1) is 13.2 Å². The van der Waals surface area contributed by atoms with Crippen molar-refractivity contribution in [3.8, 4) is 23.0 Å². The van der Waals surface area contributed by atoms with Crippen LogP contribution >= 0.6 is 11.6 Å². The summed E-state index contributed by atoms with van der Waals surface area (Å²) in [6, 6.07) is 9.92. The molecule has 2 N–H and O–H groups in total. The van der Waals surface area contributed by atoms with Gasteiger partial charge in [-0.2, -0.15) is 0 Å². The van der Waals surface area contributed by atoms with Crippen LogP contribution in [-0.4, -0.2) is 52.6 Å². The van der Waals surface area contributed by atoms with Gasteiger partial charge in [0.25, 0.3) is 0 Å². The molecule has 1 atom stereocenters. The number of methoxy groups -OCH3 is 3. The predicted octanol–water partition coefficient (Wildman–Crippen LogP) is 6.58. The van der Waals surface area contributed by atoms with Gasteiger partial charge in [0.1, 0.15) is 17.5 Å². The first-order valence-electron chi connectivity index (χ1n) is 12.3. The third-order valence-corrected chi connectivity index (χ3v) is 8.34. The number of hydrogen-bond acceptors (Lipinski definition) is 8. The molecule has 0 fully saturated rings. The van der Waals surface area contributed by atoms with Crippen molar-refractivity contribution >= 4 is 43.8 Å². The van der Waals surface area contributed by atoms with Crippen molar-refractivity contribution in [1.82, 2.24) is 4.98 Å². The van der Waals surface area contributed by atoms with Crippen molar-refractivity contribution in [3.05, 3.63) is 70.9 Å². The molecule has 9 nitrogen and oxygen atoms in total. The number of carbonyl (C=O) groups is 1. The smallest absolute Gasteiger partial charge is 0.497 e. The maximum atomic E-state index is 14.2. The lowest BCUT2D eigenvalue weighted by atomic mass is 9.95. The molecule has 0 aliphatic carbocycles. The van der Waals surface area contributed by atoms with Gasteiger partial charge in [0.05, 0.1) is 37.5 Å². The van der Waals surface area contributed by atoms with Crippen LogP contribution in [0.15, 0.2) is 59.6 Å².